The summed E-state index contributed by atoms with van der Waals surface area (Å²) in [7, 11) is -3.24. The van der Waals surface area contributed by atoms with E-state index in [1.54, 1.807) is 12.1 Å². The van der Waals surface area contributed by atoms with Crippen LogP contribution in [-0.2, 0) is 9.84 Å². The van der Waals surface area contributed by atoms with Crippen molar-refractivity contribution in [1.29, 1.82) is 0 Å². The Hall–Kier alpha value is -1.09. The van der Waals surface area contributed by atoms with Gasteiger partial charge in [0.2, 0.25) is 0 Å². The summed E-state index contributed by atoms with van der Waals surface area (Å²) in [6.07, 6.45) is 4.11. The number of hydrogen-bond donors (Lipinski definition) is 0. The first-order chi connectivity index (χ1) is 10.1. The maximum atomic E-state index is 12.8. The third kappa shape index (κ3) is 3.62. The molecule has 0 N–H and O–H groups in total. The molecule has 1 aliphatic rings. The quantitative estimate of drug-likeness (QED) is 0.757. The molecule has 1 aromatic rings. The highest BCUT2D eigenvalue weighted by Crippen LogP contribution is 2.47. The fourth-order valence-corrected chi connectivity index (χ4v) is 5.53. The van der Waals surface area contributed by atoms with Crippen molar-refractivity contribution in [3.05, 3.63) is 42.5 Å². The molecule has 0 spiro atoms. The molecule has 0 heterocycles. The number of benzene rings is 1. The van der Waals surface area contributed by atoms with Gasteiger partial charge in [0.15, 0.2) is 9.84 Å². The van der Waals surface area contributed by atoms with Gasteiger partial charge in [-0.15, -0.1) is 6.58 Å². The molecule has 2 nitrogen and oxygen atoms in total. The van der Waals surface area contributed by atoms with Crippen LogP contribution in [-0.4, -0.2) is 14.2 Å². The highest BCUT2D eigenvalue weighted by atomic mass is 32.2. The zero-order valence-corrected chi connectivity index (χ0v) is 15.0. The van der Waals surface area contributed by atoms with Crippen LogP contribution in [0.1, 0.15) is 39.2 Å². The second-order valence-electron chi connectivity index (χ2n) is 7.71. The number of hydrogen-bond acceptors (Lipinski definition) is 2. The molecular formula is C19H28O2S. The van der Waals surface area contributed by atoms with Gasteiger partial charge < -0.3 is 0 Å². The van der Waals surface area contributed by atoms with E-state index in [4.69, 9.17) is 0 Å². The van der Waals surface area contributed by atoms with Crippen molar-refractivity contribution >= 4 is 9.84 Å². The van der Waals surface area contributed by atoms with Crippen molar-refractivity contribution in [2.75, 3.05) is 5.75 Å². The largest absolute Gasteiger partial charge is 0.224 e. The van der Waals surface area contributed by atoms with Crippen LogP contribution < -0.4 is 0 Å². The Balaban J connectivity index is 2.29. The molecule has 1 aliphatic carbocycles. The Morgan fingerprint density at radius 2 is 1.77 bits per heavy atom. The standard InChI is InChI=1S/C19H28O2S/c1-6-15-9-12-18(19(3,4)5)17(15)13-22(20,21)16-10-7-14(2)8-11-16/h6-8,10-11,15,17-18H,1,9,12-13H2,2-5H3/t15-,17-,18-/m1/s1. The highest BCUT2D eigenvalue weighted by Gasteiger charge is 2.42. The number of sulfone groups is 1. The number of rotatable bonds is 4. The third-order valence-electron chi connectivity index (χ3n) is 5.08. The lowest BCUT2D eigenvalue weighted by atomic mass is 9.74. The molecule has 0 unspecified atom stereocenters. The first-order valence-corrected chi connectivity index (χ1v) is 9.72. The zero-order chi connectivity index (χ0) is 16.5. The van der Waals surface area contributed by atoms with E-state index in [0.29, 0.717) is 16.7 Å². The van der Waals surface area contributed by atoms with Crippen LogP contribution in [0.3, 0.4) is 0 Å². The van der Waals surface area contributed by atoms with Crippen molar-refractivity contribution in [3.63, 3.8) is 0 Å². The van der Waals surface area contributed by atoms with Crippen molar-refractivity contribution in [2.24, 2.45) is 23.2 Å². The average molecular weight is 320 g/mol. The van der Waals surface area contributed by atoms with Gasteiger partial charge >= 0.3 is 0 Å². The van der Waals surface area contributed by atoms with Crippen molar-refractivity contribution in [3.8, 4) is 0 Å². The molecule has 1 aromatic carbocycles. The molecule has 0 aliphatic heterocycles. The molecule has 1 fully saturated rings. The Morgan fingerprint density at radius 1 is 1.18 bits per heavy atom. The van der Waals surface area contributed by atoms with Crippen molar-refractivity contribution in [2.45, 2.75) is 45.4 Å². The van der Waals surface area contributed by atoms with Gasteiger partial charge in [-0.25, -0.2) is 8.42 Å². The molecule has 3 heteroatoms. The molecule has 0 bridgehead atoms. The molecule has 0 amide bonds. The zero-order valence-electron chi connectivity index (χ0n) is 14.2. The van der Waals surface area contributed by atoms with Crippen LogP contribution in [0.2, 0.25) is 0 Å². The minimum Gasteiger partial charge on any atom is -0.224 e. The molecule has 0 aromatic heterocycles. The Kier molecular flexibility index (Phi) is 4.86. The third-order valence-corrected chi connectivity index (χ3v) is 6.90. The molecule has 3 atom stereocenters. The molecule has 0 radical (unpaired) electrons. The second-order valence-corrected chi connectivity index (χ2v) is 9.74. The summed E-state index contributed by atoms with van der Waals surface area (Å²) >= 11 is 0. The molecule has 0 saturated heterocycles. The van der Waals surface area contributed by atoms with E-state index < -0.39 is 9.84 Å². The normalized spacial score (nSPS) is 26.1. The minimum absolute atomic E-state index is 0.130. The first-order valence-electron chi connectivity index (χ1n) is 8.07. The van der Waals surface area contributed by atoms with Gasteiger partial charge in [0, 0.05) is 0 Å². The van der Waals surface area contributed by atoms with Gasteiger partial charge in [0.05, 0.1) is 10.6 Å². The summed E-state index contributed by atoms with van der Waals surface area (Å²) in [5.74, 6) is 1.14. The summed E-state index contributed by atoms with van der Waals surface area (Å²) in [5, 5.41) is 0. The van der Waals surface area contributed by atoms with E-state index in [2.05, 4.69) is 27.4 Å². The van der Waals surface area contributed by atoms with Crippen LogP contribution in [0.25, 0.3) is 0 Å². The smallest absolute Gasteiger partial charge is 0.178 e. The van der Waals surface area contributed by atoms with E-state index in [9.17, 15) is 8.42 Å². The molecule has 2 rings (SSSR count). The van der Waals surface area contributed by atoms with Gasteiger partial charge in [-0.05, 0) is 55.1 Å². The van der Waals surface area contributed by atoms with E-state index >= 15 is 0 Å². The van der Waals surface area contributed by atoms with Gasteiger partial charge in [0.1, 0.15) is 0 Å². The highest BCUT2D eigenvalue weighted by molar-refractivity contribution is 7.91. The molecule has 122 valence electrons. The van der Waals surface area contributed by atoms with Gasteiger partial charge in [-0.1, -0.05) is 44.5 Å². The predicted octanol–water partition coefficient (Wildman–Crippen LogP) is 4.64. The monoisotopic (exact) mass is 320 g/mol. The Bertz CT molecular complexity index is 620. The van der Waals surface area contributed by atoms with E-state index in [1.807, 2.05) is 25.1 Å². The lowest BCUT2D eigenvalue weighted by molar-refractivity contribution is 0.187. The summed E-state index contributed by atoms with van der Waals surface area (Å²) < 4.78 is 25.6. The van der Waals surface area contributed by atoms with Gasteiger partial charge in [-0.3, -0.25) is 0 Å². The lowest BCUT2D eigenvalue weighted by Crippen LogP contribution is -2.31. The number of aryl methyl sites for hydroxylation is 1. The minimum atomic E-state index is -3.24. The Labute approximate surface area is 135 Å². The molecule has 1 saturated carbocycles. The van der Waals surface area contributed by atoms with Crippen molar-refractivity contribution in [1.82, 2.24) is 0 Å². The average Bonchev–Trinajstić information content (AvgIpc) is 2.81. The topological polar surface area (TPSA) is 34.1 Å². The van der Waals surface area contributed by atoms with Crippen LogP contribution in [0, 0.1) is 30.1 Å². The van der Waals surface area contributed by atoms with Crippen molar-refractivity contribution < 1.29 is 8.42 Å². The summed E-state index contributed by atoms with van der Waals surface area (Å²) in [4.78, 5) is 0.445. The molecular weight excluding hydrogens is 292 g/mol. The lowest BCUT2D eigenvalue weighted by Gasteiger charge is -2.33. The van der Waals surface area contributed by atoms with Crippen LogP contribution in [0.4, 0.5) is 0 Å². The van der Waals surface area contributed by atoms with Crippen LogP contribution in [0.5, 0.6) is 0 Å². The van der Waals surface area contributed by atoms with Gasteiger partial charge in [-0.2, -0.15) is 0 Å². The SMILES string of the molecule is C=C[C@@H]1CC[C@@H](C(C)(C)C)[C@@H]1CS(=O)(=O)c1ccc(C)cc1. The maximum absolute atomic E-state index is 12.8. The fraction of sp³-hybridized carbons (Fsp3) is 0.579. The number of allylic oxidation sites excluding steroid dienone is 1. The maximum Gasteiger partial charge on any atom is 0.178 e. The van der Waals surface area contributed by atoms with Crippen LogP contribution >= 0.6 is 0 Å². The molecule has 22 heavy (non-hydrogen) atoms. The summed E-state index contributed by atoms with van der Waals surface area (Å²) in [5.41, 5.74) is 1.21. The summed E-state index contributed by atoms with van der Waals surface area (Å²) in [6, 6.07) is 7.20. The van der Waals surface area contributed by atoms with E-state index in [-0.39, 0.29) is 17.1 Å². The first kappa shape index (κ1) is 17.3. The van der Waals surface area contributed by atoms with E-state index in [1.165, 1.54) is 0 Å². The van der Waals surface area contributed by atoms with Gasteiger partial charge in [0.25, 0.3) is 0 Å². The predicted molar refractivity (Wildman–Crippen MR) is 92.6 cm³/mol. The second kappa shape index (κ2) is 6.19. The van der Waals surface area contributed by atoms with Crippen LogP contribution in [0.15, 0.2) is 41.8 Å². The Morgan fingerprint density at radius 3 is 2.27 bits per heavy atom. The fourth-order valence-electron chi connectivity index (χ4n) is 3.80. The van der Waals surface area contributed by atoms with E-state index in [0.717, 1.165) is 18.4 Å². The summed E-state index contributed by atoms with van der Waals surface area (Å²) in [6.45, 7) is 12.5.